The average molecular weight is 563 g/mol. The topological polar surface area (TPSA) is 61.3 Å². The van der Waals surface area contributed by atoms with E-state index < -0.39 is 11.8 Å². The van der Waals surface area contributed by atoms with Gasteiger partial charge in [0.15, 0.2) is 11.6 Å². The van der Waals surface area contributed by atoms with Gasteiger partial charge in [0.2, 0.25) is 0 Å². The monoisotopic (exact) mass is 562 g/mol. The molecule has 0 saturated heterocycles. The number of hydrogen-bond acceptors (Lipinski definition) is 5. The quantitative estimate of drug-likeness (QED) is 0.101. The first-order valence-corrected chi connectivity index (χ1v) is 15.7. The van der Waals surface area contributed by atoms with Crippen LogP contribution < -0.4 is 9.47 Å². The van der Waals surface area contributed by atoms with Crippen LogP contribution in [-0.2, 0) is 6.42 Å². The van der Waals surface area contributed by atoms with Crippen LogP contribution in [0.15, 0.2) is 54.9 Å². The van der Waals surface area contributed by atoms with E-state index in [9.17, 15) is 9.18 Å². The summed E-state index contributed by atoms with van der Waals surface area (Å²) in [5.74, 6) is -0.367. The van der Waals surface area contributed by atoms with Gasteiger partial charge in [0.1, 0.15) is 11.6 Å². The Hall–Kier alpha value is -3.28. The summed E-state index contributed by atoms with van der Waals surface area (Å²) < 4.78 is 25.6. The third kappa shape index (κ3) is 12.0. The Labute approximate surface area is 245 Å². The summed E-state index contributed by atoms with van der Waals surface area (Å²) in [6.45, 7) is 4.99. The van der Waals surface area contributed by atoms with Crippen molar-refractivity contribution >= 4 is 5.97 Å². The molecule has 1 heterocycles. The summed E-state index contributed by atoms with van der Waals surface area (Å²) in [4.78, 5) is 21.2. The van der Waals surface area contributed by atoms with Crippen LogP contribution in [0.5, 0.6) is 11.5 Å². The van der Waals surface area contributed by atoms with Crippen LogP contribution in [0.25, 0.3) is 11.4 Å². The molecule has 3 aromatic rings. The van der Waals surface area contributed by atoms with E-state index in [-0.39, 0.29) is 11.3 Å². The molecule has 2 aromatic carbocycles. The lowest BCUT2D eigenvalue weighted by Gasteiger charge is -2.09. The Morgan fingerprint density at radius 1 is 0.707 bits per heavy atom. The van der Waals surface area contributed by atoms with Crippen LogP contribution in [0.1, 0.15) is 120 Å². The molecule has 0 amide bonds. The van der Waals surface area contributed by atoms with Crippen molar-refractivity contribution in [2.24, 2.45) is 0 Å². The molecule has 0 aliphatic heterocycles. The second kappa shape index (κ2) is 19.0. The zero-order valence-electron chi connectivity index (χ0n) is 25.0. The molecule has 0 saturated carbocycles. The molecule has 0 aliphatic rings. The third-order valence-electron chi connectivity index (χ3n) is 7.30. The molecule has 0 fully saturated rings. The normalized spacial score (nSPS) is 11.0. The van der Waals surface area contributed by atoms with Crippen LogP contribution in [0.2, 0.25) is 0 Å². The van der Waals surface area contributed by atoms with Crippen molar-refractivity contribution < 1.29 is 18.7 Å². The second-order valence-electron chi connectivity index (χ2n) is 10.8. The highest BCUT2D eigenvalue weighted by Gasteiger charge is 2.16. The van der Waals surface area contributed by atoms with Crippen LogP contribution >= 0.6 is 0 Å². The summed E-state index contributed by atoms with van der Waals surface area (Å²) in [5, 5.41) is 0. The molecule has 0 unspecified atom stereocenters. The number of esters is 1. The average Bonchev–Trinajstić information content (AvgIpc) is 2.99. The van der Waals surface area contributed by atoms with Gasteiger partial charge in [-0.1, -0.05) is 115 Å². The van der Waals surface area contributed by atoms with Crippen molar-refractivity contribution in [2.45, 2.75) is 110 Å². The molecule has 5 nitrogen and oxygen atoms in total. The maximum atomic E-state index is 14.6. The fourth-order valence-corrected chi connectivity index (χ4v) is 4.79. The lowest BCUT2D eigenvalue weighted by molar-refractivity contribution is 0.0728. The summed E-state index contributed by atoms with van der Waals surface area (Å²) in [7, 11) is 0. The van der Waals surface area contributed by atoms with E-state index in [0.717, 1.165) is 24.8 Å². The first-order valence-electron chi connectivity index (χ1n) is 15.7. The lowest BCUT2D eigenvalue weighted by Crippen LogP contribution is -2.11. The molecule has 0 N–H and O–H groups in total. The van der Waals surface area contributed by atoms with E-state index in [1.54, 1.807) is 6.07 Å². The maximum Gasteiger partial charge on any atom is 0.346 e. The highest BCUT2D eigenvalue weighted by atomic mass is 19.1. The van der Waals surface area contributed by atoms with Crippen molar-refractivity contribution in [2.75, 3.05) is 6.61 Å². The van der Waals surface area contributed by atoms with E-state index >= 15 is 0 Å². The molecule has 3 rings (SSSR count). The molecule has 41 heavy (non-hydrogen) atoms. The SMILES string of the molecule is CCCCCCCCCOc1ccc(C(=O)Oc2cnc(-c3ccc(CCCCCCCCC)cc3)nc2)c(F)c1. The minimum atomic E-state index is -0.799. The van der Waals surface area contributed by atoms with Crippen molar-refractivity contribution in [3.63, 3.8) is 0 Å². The number of aromatic nitrogens is 2. The highest BCUT2D eigenvalue weighted by molar-refractivity contribution is 5.91. The largest absolute Gasteiger partial charge is 0.493 e. The van der Waals surface area contributed by atoms with Crippen molar-refractivity contribution in [3.05, 3.63) is 71.8 Å². The van der Waals surface area contributed by atoms with Crippen LogP contribution in [0, 0.1) is 5.82 Å². The summed E-state index contributed by atoms with van der Waals surface area (Å²) in [6, 6.07) is 12.5. The molecule has 0 radical (unpaired) electrons. The summed E-state index contributed by atoms with van der Waals surface area (Å²) in [5.41, 5.74) is 2.04. The van der Waals surface area contributed by atoms with Gasteiger partial charge in [0, 0.05) is 11.6 Å². The summed E-state index contributed by atoms with van der Waals surface area (Å²) in [6.07, 6.45) is 21.3. The number of rotatable bonds is 20. The molecule has 0 aliphatic carbocycles. The predicted octanol–water partition coefficient (Wildman–Crippen LogP) is 9.92. The Morgan fingerprint density at radius 3 is 1.90 bits per heavy atom. The van der Waals surface area contributed by atoms with E-state index in [4.69, 9.17) is 9.47 Å². The standard InChI is InChI=1S/C35H47FN2O3/c1-3-5-7-9-11-13-15-17-28-18-20-29(21-19-28)34-37-26-31(27-38-34)41-35(39)32-23-22-30(25-33(32)36)40-24-16-14-12-10-8-6-4-2/h18-23,25-27H,3-17,24H2,1-2H3. The molecular formula is C35H47FN2O3. The van der Waals surface area contributed by atoms with E-state index in [1.807, 2.05) is 12.1 Å². The third-order valence-corrected chi connectivity index (χ3v) is 7.30. The van der Waals surface area contributed by atoms with Gasteiger partial charge in [-0.2, -0.15) is 0 Å². The van der Waals surface area contributed by atoms with Crippen molar-refractivity contribution in [1.82, 2.24) is 9.97 Å². The maximum absolute atomic E-state index is 14.6. The number of ether oxygens (including phenoxy) is 2. The zero-order chi connectivity index (χ0) is 29.1. The second-order valence-corrected chi connectivity index (χ2v) is 10.8. The van der Waals surface area contributed by atoms with Gasteiger partial charge < -0.3 is 9.47 Å². The molecule has 1 aromatic heterocycles. The van der Waals surface area contributed by atoms with E-state index in [0.29, 0.717) is 18.2 Å². The number of hydrogen-bond donors (Lipinski definition) is 0. The van der Waals surface area contributed by atoms with E-state index in [1.165, 1.54) is 107 Å². The fourth-order valence-electron chi connectivity index (χ4n) is 4.79. The van der Waals surface area contributed by atoms with Gasteiger partial charge in [-0.15, -0.1) is 0 Å². The Bertz CT molecular complexity index is 1150. The first-order chi connectivity index (χ1) is 20.1. The van der Waals surface area contributed by atoms with Crippen molar-refractivity contribution in [3.8, 4) is 22.9 Å². The number of nitrogens with zero attached hydrogens (tertiary/aromatic N) is 2. The number of aryl methyl sites for hydroxylation is 1. The van der Waals surface area contributed by atoms with Crippen LogP contribution in [0.4, 0.5) is 4.39 Å². The predicted molar refractivity (Wildman–Crippen MR) is 164 cm³/mol. The van der Waals surface area contributed by atoms with Gasteiger partial charge in [0.05, 0.1) is 24.6 Å². The zero-order valence-corrected chi connectivity index (χ0v) is 25.0. The van der Waals surface area contributed by atoms with E-state index in [2.05, 4.69) is 35.9 Å². The summed E-state index contributed by atoms with van der Waals surface area (Å²) >= 11 is 0. The lowest BCUT2D eigenvalue weighted by atomic mass is 10.0. The van der Waals surface area contributed by atoms with Gasteiger partial charge >= 0.3 is 5.97 Å². The van der Waals surface area contributed by atoms with Crippen molar-refractivity contribution in [1.29, 1.82) is 0 Å². The molecule has 0 bridgehead atoms. The number of unbranched alkanes of at least 4 members (excludes halogenated alkanes) is 12. The number of halogens is 1. The molecular weight excluding hydrogens is 515 g/mol. The number of benzene rings is 2. The number of carbonyl (C=O) groups excluding carboxylic acids is 1. The van der Waals surface area contributed by atoms with Gasteiger partial charge in [-0.3, -0.25) is 0 Å². The van der Waals surface area contributed by atoms with Crippen LogP contribution in [-0.4, -0.2) is 22.5 Å². The smallest absolute Gasteiger partial charge is 0.346 e. The van der Waals surface area contributed by atoms with Gasteiger partial charge in [0.25, 0.3) is 0 Å². The first kappa shape index (κ1) is 32.2. The molecule has 222 valence electrons. The van der Waals surface area contributed by atoms with Gasteiger partial charge in [-0.05, 0) is 37.0 Å². The molecule has 6 heteroatoms. The Balaban J connectivity index is 1.41. The van der Waals surface area contributed by atoms with Gasteiger partial charge in [-0.25, -0.2) is 19.2 Å². The minimum absolute atomic E-state index is 0.158. The minimum Gasteiger partial charge on any atom is -0.493 e. The molecule has 0 atom stereocenters. The Kier molecular flexibility index (Phi) is 14.9. The van der Waals surface area contributed by atoms with Crippen LogP contribution in [0.3, 0.4) is 0 Å². The fraction of sp³-hybridized carbons (Fsp3) is 0.514. The molecule has 0 spiro atoms. The highest BCUT2D eigenvalue weighted by Crippen LogP contribution is 2.22. The number of carbonyl (C=O) groups is 1. The Morgan fingerprint density at radius 2 is 1.29 bits per heavy atom.